The Morgan fingerprint density at radius 3 is 2.12 bits per heavy atom. The third-order valence-corrected chi connectivity index (χ3v) is 5.26. The van der Waals surface area contributed by atoms with E-state index in [9.17, 15) is 17.6 Å². The summed E-state index contributed by atoms with van der Waals surface area (Å²) in [7, 11) is -0.616. The van der Waals surface area contributed by atoms with Gasteiger partial charge < -0.3 is 5.32 Å². The number of halogens is 1. The van der Waals surface area contributed by atoms with Gasteiger partial charge in [0.25, 0.3) is 5.91 Å². The van der Waals surface area contributed by atoms with Gasteiger partial charge >= 0.3 is 0 Å². The quantitative estimate of drug-likeness (QED) is 0.794. The van der Waals surface area contributed by atoms with E-state index in [2.05, 4.69) is 10.6 Å². The highest BCUT2D eigenvalue weighted by Crippen LogP contribution is 2.16. The topological polar surface area (TPSA) is 78.5 Å². The number of hydrogen-bond donors (Lipinski definition) is 2. The molecule has 0 aromatic heterocycles. The second-order valence-corrected chi connectivity index (χ2v) is 7.79. The lowest BCUT2D eigenvalue weighted by atomic mass is 10.2. The maximum atomic E-state index is 12.9. The summed E-state index contributed by atoms with van der Waals surface area (Å²) in [5.41, 5.74) is 0.778. The van der Waals surface area contributed by atoms with Crippen LogP contribution in [0, 0.1) is 5.82 Å². The van der Waals surface area contributed by atoms with Crippen molar-refractivity contribution in [3.05, 3.63) is 59.9 Å². The highest BCUT2D eigenvalue weighted by atomic mass is 32.2. The molecule has 2 aromatic rings. The number of carbonyl (C=O) groups is 1. The molecule has 2 rings (SSSR count). The fourth-order valence-electron chi connectivity index (χ4n) is 1.86. The zero-order chi connectivity index (χ0) is 18.6. The number of nitrogens with zero attached hydrogens (tertiary/aromatic N) is 1. The number of carbonyl (C=O) groups excluding carboxylic acids is 1. The van der Waals surface area contributed by atoms with Crippen LogP contribution in [0.15, 0.2) is 53.4 Å². The molecular formula is C16H16FN3O3S2. The zero-order valence-corrected chi connectivity index (χ0v) is 15.1. The number of amides is 1. The van der Waals surface area contributed by atoms with Gasteiger partial charge in [0.05, 0.1) is 4.90 Å². The number of nitrogens with one attached hydrogen (secondary N) is 2. The van der Waals surface area contributed by atoms with E-state index in [1.807, 2.05) is 0 Å². The van der Waals surface area contributed by atoms with E-state index in [4.69, 9.17) is 12.2 Å². The number of anilines is 1. The Labute approximate surface area is 150 Å². The second kappa shape index (κ2) is 7.68. The number of thiocarbonyl (C=S) groups is 1. The first-order valence-electron chi connectivity index (χ1n) is 7.10. The van der Waals surface area contributed by atoms with Gasteiger partial charge in [-0.3, -0.25) is 10.1 Å². The Kier molecular flexibility index (Phi) is 5.83. The van der Waals surface area contributed by atoms with Crippen molar-refractivity contribution >= 4 is 38.9 Å². The van der Waals surface area contributed by atoms with Gasteiger partial charge in [-0.15, -0.1) is 0 Å². The summed E-state index contributed by atoms with van der Waals surface area (Å²) in [5, 5.41) is 5.28. The zero-order valence-electron chi connectivity index (χ0n) is 13.5. The molecule has 1 amide bonds. The number of benzene rings is 2. The fraction of sp³-hybridized carbons (Fsp3) is 0.125. The highest BCUT2D eigenvalue weighted by Gasteiger charge is 2.16. The van der Waals surface area contributed by atoms with Gasteiger partial charge in [0.15, 0.2) is 5.11 Å². The molecule has 0 aliphatic heterocycles. The summed E-state index contributed by atoms with van der Waals surface area (Å²) in [6.07, 6.45) is 0. The van der Waals surface area contributed by atoms with Crippen molar-refractivity contribution in [3.63, 3.8) is 0 Å². The number of rotatable bonds is 4. The van der Waals surface area contributed by atoms with Gasteiger partial charge in [-0.1, -0.05) is 0 Å². The average Bonchev–Trinajstić information content (AvgIpc) is 2.55. The molecule has 0 saturated heterocycles. The number of hydrogen-bond acceptors (Lipinski definition) is 4. The minimum atomic E-state index is -3.51. The molecule has 0 aliphatic rings. The summed E-state index contributed by atoms with van der Waals surface area (Å²) in [6, 6.07) is 11.0. The molecule has 0 saturated carbocycles. The van der Waals surface area contributed by atoms with E-state index in [0.717, 1.165) is 4.31 Å². The summed E-state index contributed by atoms with van der Waals surface area (Å²) in [6.45, 7) is 0. The molecular weight excluding hydrogens is 365 g/mol. The molecule has 0 fully saturated rings. The molecule has 0 radical (unpaired) electrons. The minimum Gasteiger partial charge on any atom is -0.332 e. The SMILES string of the molecule is CN(C)S(=O)(=O)c1ccc(NC(=S)NC(=O)c2ccc(F)cc2)cc1. The van der Waals surface area contributed by atoms with Crippen LogP contribution in [0.1, 0.15) is 10.4 Å². The predicted molar refractivity (Wildman–Crippen MR) is 97.4 cm³/mol. The van der Waals surface area contributed by atoms with Crippen molar-refractivity contribution in [2.24, 2.45) is 0 Å². The lowest BCUT2D eigenvalue weighted by Gasteiger charge is -2.13. The Hall–Kier alpha value is -2.36. The van der Waals surface area contributed by atoms with Gasteiger partial charge in [0, 0.05) is 25.3 Å². The summed E-state index contributed by atoms with van der Waals surface area (Å²) >= 11 is 5.04. The monoisotopic (exact) mass is 381 g/mol. The third-order valence-electron chi connectivity index (χ3n) is 3.22. The average molecular weight is 381 g/mol. The van der Waals surface area contributed by atoms with Gasteiger partial charge in [-0.25, -0.2) is 17.1 Å². The molecule has 0 unspecified atom stereocenters. The Balaban J connectivity index is 2.01. The first-order valence-corrected chi connectivity index (χ1v) is 8.95. The molecule has 0 spiro atoms. The maximum absolute atomic E-state index is 12.9. The molecule has 25 heavy (non-hydrogen) atoms. The van der Waals surface area contributed by atoms with E-state index in [1.54, 1.807) is 0 Å². The van der Waals surface area contributed by atoms with E-state index < -0.39 is 21.7 Å². The lowest BCUT2D eigenvalue weighted by Crippen LogP contribution is -2.34. The standard InChI is InChI=1S/C16H16FN3O3S2/c1-20(2)25(22,23)14-9-7-13(8-10-14)18-16(24)19-15(21)11-3-5-12(17)6-4-11/h3-10H,1-2H3,(H2,18,19,21,24). The lowest BCUT2D eigenvalue weighted by molar-refractivity contribution is 0.0977. The third kappa shape index (κ3) is 4.81. The van der Waals surface area contributed by atoms with Crippen LogP contribution in [0.2, 0.25) is 0 Å². The highest BCUT2D eigenvalue weighted by molar-refractivity contribution is 7.89. The Morgan fingerprint density at radius 1 is 1.04 bits per heavy atom. The number of sulfonamides is 1. The van der Waals surface area contributed by atoms with Crippen LogP contribution in [-0.2, 0) is 10.0 Å². The van der Waals surface area contributed by atoms with E-state index in [1.165, 1.54) is 62.6 Å². The van der Waals surface area contributed by atoms with Crippen molar-refractivity contribution in [1.29, 1.82) is 0 Å². The summed E-state index contributed by atoms with van der Waals surface area (Å²) in [4.78, 5) is 12.1. The van der Waals surface area contributed by atoms with Crippen molar-refractivity contribution < 1.29 is 17.6 Å². The van der Waals surface area contributed by atoms with Crippen molar-refractivity contribution in [1.82, 2.24) is 9.62 Å². The van der Waals surface area contributed by atoms with E-state index in [-0.39, 0.29) is 15.6 Å². The van der Waals surface area contributed by atoms with Crippen LogP contribution in [0.3, 0.4) is 0 Å². The fourth-order valence-corrected chi connectivity index (χ4v) is 2.97. The first kappa shape index (κ1) is 19.0. The second-order valence-electron chi connectivity index (χ2n) is 5.23. The van der Waals surface area contributed by atoms with Crippen molar-refractivity contribution in [2.75, 3.05) is 19.4 Å². The molecule has 2 N–H and O–H groups in total. The minimum absolute atomic E-state index is 0.0394. The molecule has 0 bridgehead atoms. The van der Waals surface area contributed by atoms with Crippen molar-refractivity contribution in [2.45, 2.75) is 4.90 Å². The van der Waals surface area contributed by atoms with Gasteiger partial charge in [-0.05, 0) is 60.7 Å². The largest absolute Gasteiger partial charge is 0.332 e. The molecule has 0 heterocycles. The Bertz CT molecular complexity index is 880. The Morgan fingerprint density at radius 2 is 1.60 bits per heavy atom. The summed E-state index contributed by atoms with van der Waals surface area (Å²) < 4.78 is 37.9. The molecule has 132 valence electrons. The normalized spacial score (nSPS) is 11.2. The van der Waals surface area contributed by atoms with Crippen molar-refractivity contribution in [3.8, 4) is 0 Å². The molecule has 0 aliphatic carbocycles. The first-order chi connectivity index (χ1) is 11.7. The molecule has 0 atom stereocenters. The van der Waals surface area contributed by atoms with Gasteiger partial charge in [0.2, 0.25) is 10.0 Å². The van der Waals surface area contributed by atoms with E-state index in [0.29, 0.717) is 5.69 Å². The maximum Gasteiger partial charge on any atom is 0.257 e. The molecule has 2 aromatic carbocycles. The predicted octanol–water partition coefficient (Wildman–Crippen LogP) is 2.20. The smallest absolute Gasteiger partial charge is 0.257 e. The van der Waals surface area contributed by atoms with Crippen LogP contribution in [0.25, 0.3) is 0 Å². The van der Waals surface area contributed by atoms with Crippen LogP contribution >= 0.6 is 12.2 Å². The molecule has 6 nitrogen and oxygen atoms in total. The molecule has 9 heteroatoms. The van der Waals surface area contributed by atoms with E-state index >= 15 is 0 Å². The van der Waals surface area contributed by atoms with Crippen LogP contribution in [0.4, 0.5) is 10.1 Å². The van der Waals surface area contributed by atoms with Crippen LogP contribution < -0.4 is 10.6 Å². The van der Waals surface area contributed by atoms with Crippen LogP contribution in [0.5, 0.6) is 0 Å². The van der Waals surface area contributed by atoms with Crippen LogP contribution in [-0.4, -0.2) is 37.8 Å². The summed E-state index contributed by atoms with van der Waals surface area (Å²) in [5.74, 6) is -0.922. The van der Waals surface area contributed by atoms with Gasteiger partial charge in [0.1, 0.15) is 5.82 Å². The van der Waals surface area contributed by atoms with Gasteiger partial charge in [-0.2, -0.15) is 0 Å².